The van der Waals surface area contributed by atoms with Gasteiger partial charge in [0.05, 0.1) is 12.7 Å². The zero-order chi connectivity index (χ0) is 17.5. The van der Waals surface area contributed by atoms with E-state index >= 15 is 0 Å². The van der Waals surface area contributed by atoms with Gasteiger partial charge in [0.2, 0.25) is 0 Å². The highest BCUT2D eigenvalue weighted by molar-refractivity contribution is 9.10. The Kier molecular flexibility index (Phi) is 6.20. The maximum absolute atomic E-state index is 12.0. The first-order chi connectivity index (χ1) is 11.5. The molecule has 24 heavy (non-hydrogen) atoms. The first kappa shape index (κ1) is 17.8. The van der Waals surface area contributed by atoms with Gasteiger partial charge >= 0.3 is 5.97 Å². The highest BCUT2D eigenvalue weighted by Crippen LogP contribution is 2.19. The maximum Gasteiger partial charge on any atom is 0.340 e. The van der Waals surface area contributed by atoms with Gasteiger partial charge in [0, 0.05) is 16.7 Å². The third kappa shape index (κ3) is 4.99. The van der Waals surface area contributed by atoms with Crippen molar-refractivity contribution in [1.29, 1.82) is 0 Å². The molecule has 0 aliphatic rings. The molecule has 126 valence electrons. The number of esters is 1. The molecular weight excluding hydrogens is 376 g/mol. The molecule has 0 saturated carbocycles. The number of rotatable bonds is 6. The summed E-state index contributed by atoms with van der Waals surface area (Å²) >= 11 is 3.25. The number of amides is 1. The fourth-order valence-electron chi connectivity index (χ4n) is 1.91. The van der Waals surface area contributed by atoms with Crippen LogP contribution in [0.5, 0.6) is 5.75 Å². The van der Waals surface area contributed by atoms with Crippen LogP contribution in [0.25, 0.3) is 0 Å². The normalized spacial score (nSPS) is 10.1. The van der Waals surface area contributed by atoms with Crippen LogP contribution >= 0.6 is 15.9 Å². The van der Waals surface area contributed by atoms with Gasteiger partial charge in [0.1, 0.15) is 5.75 Å². The standard InChI is InChI=1S/C17H17BrN2O4/c1-23-13-5-2-11(3-6-13)9-20-16(21)10-24-17(22)14-8-12(18)4-7-15(14)19/h2-8H,9-10,19H2,1H3,(H,20,21). The van der Waals surface area contributed by atoms with Crippen LogP contribution in [0.2, 0.25) is 0 Å². The molecule has 0 aliphatic heterocycles. The number of nitrogens with one attached hydrogen (secondary N) is 1. The zero-order valence-corrected chi connectivity index (χ0v) is 14.6. The molecule has 0 bridgehead atoms. The molecule has 0 atom stereocenters. The first-order valence-corrected chi connectivity index (χ1v) is 7.90. The first-order valence-electron chi connectivity index (χ1n) is 7.11. The lowest BCUT2D eigenvalue weighted by Crippen LogP contribution is -2.28. The van der Waals surface area contributed by atoms with Crippen LogP contribution in [0, 0.1) is 0 Å². The number of halogens is 1. The Balaban J connectivity index is 1.82. The number of ether oxygens (including phenoxy) is 2. The molecule has 0 saturated heterocycles. The van der Waals surface area contributed by atoms with Gasteiger partial charge in [-0.25, -0.2) is 4.79 Å². The fourth-order valence-corrected chi connectivity index (χ4v) is 2.27. The van der Waals surface area contributed by atoms with Crippen LogP contribution in [0.15, 0.2) is 46.9 Å². The quantitative estimate of drug-likeness (QED) is 0.582. The number of hydrogen-bond acceptors (Lipinski definition) is 5. The number of carbonyl (C=O) groups is 2. The summed E-state index contributed by atoms with van der Waals surface area (Å²) in [6.07, 6.45) is 0. The van der Waals surface area contributed by atoms with Gasteiger partial charge in [-0.1, -0.05) is 28.1 Å². The molecule has 0 heterocycles. The molecule has 3 N–H and O–H groups in total. The monoisotopic (exact) mass is 392 g/mol. The molecule has 7 heteroatoms. The van der Waals surface area contributed by atoms with Crippen molar-refractivity contribution >= 4 is 33.5 Å². The number of anilines is 1. The highest BCUT2D eigenvalue weighted by Gasteiger charge is 2.13. The van der Waals surface area contributed by atoms with Gasteiger partial charge in [-0.15, -0.1) is 0 Å². The third-order valence-electron chi connectivity index (χ3n) is 3.22. The second-order valence-electron chi connectivity index (χ2n) is 4.93. The van der Waals surface area contributed by atoms with E-state index < -0.39 is 11.9 Å². The van der Waals surface area contributed by atoms with E-state index in [2.05, 4.69) is 21.2 Å². The number of methoxy groups -OCH3 is 1. The second kappa shape index (κ2) is 8.35. The number of hydrogen-bond donors (Lipinski definition) is 2. The Hall–Kier alpha value is -2.54. The van der Waals surface area contributed by atoms with E-state index in [1.807, 2.05) is 12.1 Å². The minimum atomic E-state index is -0.645. The smallest absolute Gasteiger partial charge is 0.340 e. The van der Waals surface area contributed by atoms with Gasteiger partial charge in [0.15, 0.2) is 6.61 Å². The van der Waals surface area contributed by atoms with Crippen LogP contribution in [-0.2, 0) is 16.1 Å². The Morgan fingerprint density at radius 2 is 1.88 bits per heavy atom. The maximum atomic E-state index is 12.0. The van der Waals surface area contributed by atoms with E-state index in [-0.39, 0.29) is 12.2 Å². The Morgan fingerprint density at radius 1 is 1.17 bits per heavy atom. The third-order valence-corrected chi connectivity index (χ3v) is 3.71. The summed E-state index contributed by atoms with van der Waals surface area (Å²) in [6.45, 7) is -0.0413. The van der Waals surface area contributed by atoms with Crippen molar-refractivity contribution < 1.29 is 19.1 Å². The molecule has 2 aromatic carbocycles. The van der Waals surface area contributed by atoms with Crippen LogP contribution in [-0.4, -0.2) is 25.6 Å². The summed E-state index contributed by atoms with van der Waals surface area (Å²) < 4.78 is 10.7. The molecule has 1 amide bonds. The lowest BCUT2D eigenvalue weighted by atomic mass is 10.2. The minimum absolute atomic E-state index is 0.215. The molecule has 0 spiro atoms. The van der Waals surface area contributed by atoms with Crippen molar-refractivity contribution in [3.8, 4) is 5.75 Å². The molecule has 0 aromatic heterocycles. The van der Waals surface area contributed by atoms with Crippen molar-refractivity contribution in [2.24, 2.45) is 0 Å². The van der Waals surface area contributed by atoms with Gasteiger partial charge < -0.3 is 20.5 Å². The van der Waals surface area contributed by atoms with E-state index in [4.69, 9.17) is 15.2 Å². The Labute approximate surface area is 148 Å². The number of benzene rings is 2. The van der Waals surface area contributed by atoms with E-state index in [1.165, 1.54) is 0 Å². The number of nitrogen functional groups attached to an aromatic ring is 1. The van der Waals surface area contributed by atoms with Crippen LogP contribution in [0.1, 0.15) is 15.9 Å². The molecule has 2 rings (SSSR count). The van der Waals surface area contributed by atoms with Crippen molar-refractivity contribution in [3.63, 3.8) is 0 Å². The molecule has 0 fully saturated rings. The van der Waals surface area contributed by atoms with E-state index in [9.17, 15) is 9.59 Å². The summed E-state index contributed by atoms with van der Waals surface area (Å²) in [4.78, 5) is 23.7. The van der Waals surface area contributed by atoms with Crippen molar-refractivity contribution in [2.45, 2.75) is 6.54 Å². The van der Waals surface area contributed by atoms with Gasteiger partial charge in [-0.3, -0.25) is 4.79 Å². The lowest BCUT2D eigenvalue weighted by Gasteiger charge is -2.09. The molecular formula is C17H17BrN2O4. The summed E-state index contributed by atoms with van der Waals surface area (Å²) in [5.74, 6) is -0.299. The van der Waals surface area contributed by atoms with E-state index in [0.29, 0.717) is 16.7 Å². The average molecular weight is 393 g/mol. The Bertz CT molecular complexity index is 732. The predicted molar refractivity (Wildman–Crippen MR) is 93.7 cm³/mol. The summed E-state index contributed by atoms with van der Waals surface area (Å²) in [5, 5.41) is 2.67. The largest absolute Gasteiger partial charge is 0.497 e. The van der Waals surface area contributed by atoms with E-state index in [0.717, 1.165) is 11.3 Å². The summed E-state index contributed by atoms with van der Waals surface area (Å²) in [5.41, 5.74) is 7.14. The lowest BCUT2D eigenvalue weighted by molar-refractivity contribution is -0.124. The van der Waals surface area contributed by atoms with Crippen LogP contribution < -0.4 is 15.8 Å². The van der Waals surface area contributed by atoms with Crippen molar-refractivity contribution in [1.82, 2.24) is 5.32 Å². The molecule has 0 radical (unpaired) electrons. The highest BCUT2D eigenvalue weighted by atomic mass is 79.9. The van der Waals surface area contributed by atoms with Crippen molar-refractivity contribution in [2.75, 3.05) is 19.5 Å². The van der Waals surface area contributed by atoms with E-state index in [1.54, 1.807) is 37.4 Å². The van der Waals surface area contributed by atoms with Crippen LogP contribution in [0.4, 0.5) is 5.69 Å². The fraction of sp³-hybridized carbons (Fsp3) is 0.176. The minimum Gasteiger partial charge on any atom is -0.497 e. The van der Waals surface area contributed by atoms with Gasteiger partial charge in [-0.05, 0) is 35.9 Å². The molecule has 6 nitrogen and oxygen atoms in total. The zero-order valence-electron chi connectivity index (χ0n) is 13.0. The molecule has 0 aliphatic carbocycles. The molecule has 2 aromatic rings. The topological polar surface area (TPSA) is 90.6 Å². The predicted octanol–water partition coefficient (Wildman–Crippen LogP) is 2.51. The SMILES string of the molecule is COc1ccc(CNC(=O)COC(=O)c2cc(Br)ccc2N)cc1. The second-order valence-corrected chi connectivity index (χ2v) is 5.85. The number of carbonyl (C=O) groups excluding carboxylic acids is 2. The molecule has 0 unspecified atom stereocenters. The van der Waals surface area contributed by atoms with Crippen molar-refractivity contribution in [3.05, 3.63) is 58.1 Å². The summed E-state index contributed by atoms with van der Waals surface area (Å²) in [7, 11) is 1.59. The summed E-state index contributed by atoms with van der Waals surface area (Å²) in [6, 6.07) is 12.1. The van der Waals surface area contributed by atoms with Crippen LogP contribution in [0.3, 0.4) is 0 Å². The average Bonchev–Trinajstić information content (AvgIpc) is 2.60. The van der Waals surface area contributed by atoms with Gasteiger partial charge in [0.25, 0.3) is 5.91 Å². The Morgan fingerprint density at radius 3 is 2.54 bits per heavy atom. The van der Waals surface area contributed by atoms with Gasteiger partial charge in [-0.2, -0.15) is 0 Å². The number of nitrogens with two attached hydrogens (primary N) is 1.